The maximum absolute atomic E-state index is 11.6. The fourth-order valence-electron chi connectivity index (χ4n) is 1.59. The molecule has 0 unspecified atom stereocenters. The average Bonchev–Trinajstić information content (AvgIpc) is 2.64. The monoisotopic (exact) mass is 187 g/mol. The number of carbonyl (C=O) groups excluding carboxylic acids is 1. The van der Waals surface area contributed by atoms with Gasteiger partial charge in [0.1, 0.15) is 0 Å². The highest BCUT2D eigenvalue weighted by Crippen LogP contribution is 2.15. The molecule has 0 amide bonds. The zero-order chi connectivity index (χ0) is 9.97. The van der Waals surface area contributed by atoms with E-state index in [1.165, 1.54) is 0 Å². The molecule has 0 aliphatic heterocycles. The Morgan fingerprint density at radius 2 is 2.21 bits per heavy atom. The summed E-state index contributed by atoms with van der Waals surface area (Å²) in [5.41, 5.74) is 1.84. The second-order valence-electron chi connectivity index (χ2n) is 3.45. The molecule has 0 saturated carbocycles. The molecule has 0 saturated heterocycles. The number of hydrogen-bond donors (Lipinski definition) is 1. The van der Waals surface area contributed by atoms with Gasteiger partial charge in [-0.3, -0.25) is 4.79 Å². The summed E-state index contributed by atoms with van der Waals surface area (Å²) in [4.78, 5) is 14.7. The molecule has 0 radical (unpaired) electrons. The highest BCUT2D eigenvalue weighted by atomic mass is 16.1. The minimum atomic E-state index is 0.226. The summed E-state index contributed by atoms with van der Waals surface area (Å²) in [6.45, 7) is 2.02. The van der Waals surface area contributed by atoms with Gasteiger partial charge in [0, 0.05) is 23.7 Å². The summed E-state index contributed by atoms with van der Waals surface area (Å²) in [7, 11) is 0. The lowest BCUT2D eigenvalue weighted by Gasteiger charge is -1.98. The molecule has 2 heteroatoms. The van der Waals surface area contributed by atoms with E-state index < -0.39 is 0 Å². The van der Waals surface area contributed by atoms with Crippen molar-refractivity contribution in [2.75, 3.05) is 0 Å². The number of fused-ring (bicyclic) bond motifs is 1. The zero-order valence-corrected chi connectivity index (χ0v) is 8.21. The molecule has 72 valence electrons. The predicted octanol–water partition coefficient (Wildman–Crippen LogP) is 3.15. The number of nitrogens with one attached hydrogen (secondary N) is 1. The maximum Gasteiger partial charge on any atom is 0.162 e. The van der Waals surface area contributed by atoms with Crippen LogP contribution in [0.15, 0.2) is 30.5 Å². The number of aromatic nitrogens is 1. The third-order valence-electron chi connectivity index (χ3n) is 2.35. The van der Waals surface area contributed by atoms with Crippen LogP contribution in [0.5, 0.6) is 0 Å². The summed E-state index contributed by atoms with van der Waals surface area (Å²) in [6.07, 6.45) is 3.42. The first-order valence-electron chi connectivity index (χ1n) is 4.91. The lowest BCUT2D eigenvalue weighted by atomic mass is 10.1. The van der Waals surface area contributed by atoms with Crippen LogP contribution < -0.4 is 0 Å². The van der Waals surface area contributed by atoms with Gasteiger partial charge >= 0.3 is 0 Å². The molecule has 2 nitrogen and oxygen atoms in total. The molecule has 0 aliphatic carbocycles. The highest BCUT2D eigenvalue weighted by molar-refractivity contribution is 5.99. The molecule has 1 aromatic carbocycles. The predicted molar refractivity (Wildman–Crippen MR) is 57.5 cm³/mol. The molecular weight excluding hydrogens is 174 g/mol. The van der Waals surface area contributed by atoms with Gasteiger partial charge in [-0.15, -0.1) is 0 Å². The van der Waals surface area contributed by atoms with Crippen molar-refractivity contribution in [2.45, 2.75) is 19.8 Å². The van der Waals surface area contributed by atoms with Crippen molar-refractivity contribution in [1.29, 1.82) is 0 Å². The van der Waals surface area contributed by atoms with Crippen molar-refractivity contribution < 1.29 is 4.79 Å². The van der Waals surface area contributed by atoms with Crippen molar-refractivity contribution in [3.05, 3.63) is 36.0 Å². The van der Waals surface area contributed by atoms with Gasteiger partial charge in [-0.2, -0.15) is 0 Å². The van der Waals surface area contributed by atoms with E-state index in [1.54, 1.807) is 0 Å². The van der Waals surface area contributed by atoms with Crippen molar-refractivity contribution in [2.24, 2.45) is 0 Å². The fraction of sp³-hybridized carbons (Fsp3) is 0.250. The number of carbonyl (C=O) groups is 1. The van der Waals surface area contributed by atoms with Gasteiger partial charge in [0.25, 0.3) is 0 Å². The molecule has 1 aromatic heterocycles. The highest BCUT2D eigenvalue weighted by Gasteiger charge is 2.05. The van der Waals surface area contributed by atoms with E-state index in [1.807, 2.05) is 37.4 Å². The second kappa shape index (κ2) is 3.66. The number of aromatic amines is 1. The average molecular weight is 187 g/mol. The van der Waals surface area contributed by atoms with Crippen LogP contribution >= 0.6 is 0 Å². The molecule has 0 fully saturated rings. The van der Waals surface area contributed by atoms with Gasteiger partial charge in [0.15, 0.2) is 5.78 Å². The summed E-state index contributed by atoms with van der Waals surface area (Å²) in [6, 6.07) is 7.81. The molecule has 0 atom stereocenters. The smallest absolute Gasteiger partial charge is 0.162 e. The molecule has 2 rings (SSSR count). The topological polar surface area (TPSA) is 32.9 Å². The first kappa shape index (κ1) is 9.00. The Kier molecular flexibility index (Phi) is 2.35. The van der Waals surface area contributed by atoms with Gasteiger partial charge in [-0.25, -0.2) is 0 Å². The fourth-order valence-corrected chi connectivity index (χ4v) is 1.59. The van der Waals surface area contributed by atoms with Crippen LogP contribution in [0, 0.1) is 0 Å². The van der Waals surface area contributed by atoms with E-state index in [2.05, 4.69) is 4.98 Å². The SMILES string of the molecule is CCCC(=O)c1ccc2cc[nH]c2c1. The minimum Gasteiger partial charge on any atom is -0.361 e. The lowest BCUT2D eigenvalue weighted by Crippen LogP contribution is -1.97. The number of benzene rings is 1. The Morgan fingerprint density at radius 3 is 3.00 bits per heavy atom. The molecule has 0 bridgehead atoms. The number of rotatable bonds is 3. The van der Waals surface area contributed by atoms with Crippen molar-refractivity contribution in [1.82, 2.24) is 4.98 Å². The van der Waals surface area contributed by atoms with E-state index in [-0.39, 0.29) is 5.78 Å². The largest absolute Gasteiger partial charge is 0.361 e. The van der Waals surface area contributed by atoms with Crippen LogP contribution in [0.4, 0.5) is 0 Å². The first-order valence-corrected chi connectivity index (χ1v) is 4.91. The van der Waals surface area contributed by atoms with Gasteiger partial charge in [0.2, 0.25) is 0 Å². The Labute approximate surface area is 82.9 Å². The Bertz CT molecular complexity index is 456. The molecule has 14 heavy (non-hydrogen) atoms. The Hall–Kier alpha value is -1.57. The van der Waals surface area contributed by atoms with Crippen LogP contribution in [0.1, 0.15) is 30.1 Å². The number of H-pyrrole nitrogens is 1. The summed E-state index contributed by atoms with van der Waals surface area (Å²) in [5.74, 6) is 0.226. The van der Waals surface area contributed by atoms with Crippen LogP contribution in [0.2, 0.25) is 0 Å². The minimum absolute atomic E-state index is 0.226. The van der Waals surface area contributed by atoms with E-state index >= 15 is 0 Å². The lowest BCUT2D eigenvalue weighted by molar-refractivity contribution is 0.0982. The molecule has 0 aliphatic rings. The summed E-state index contributed by atoms with van der Waals surface area (Å²) < 4.78 is 0. The number of hydrogen-bond acceptors (Lipinski definition) is 1. The normalized spacial score (nSPS) is 10.6. The third kappa shape index (κ3) is 1.55. The van der Waals surface area contributed by atoms with Crippen LogP contribution in [0.3, 0.4) is 0 Å². The second-order valence-corrected chi connectivity index (χ2v) is 3.45. The van der Waals surface area contributed by atoms with Crippen LogP contribution in [-0.4, -0.2) is 10.8 Å². The number of Topliss-reactive ketones (excluding diaryl/α,β-unsaturated/α-hetero) is 1. The van der Waals surface area contributed by atoms with E-state index in [0.717, 1.165) is 22.9 Å². The molecular formula is C12H13NO. The van der Waals surface area contributed by atoms with Crippen molar-refractivity contribution in [3.63, 3.8) is 0 Å². The van der Waals surface area contributed by atoms with Gasteiger partial charge in [-0.05, 0) is 23.9 Å². The standard InChI is InChI=1S/C12H13NO/c1-2-3-12(14)10-5-4-9-6-7-13-11(9)8-10/h4-8,13H,2-3H2,1H3. The zero-order valence-electron chi connectivity index (χ0n) is 8.21. The quantitative estimate of drug-likeness (QED) is 0.735. The van der Waals surface area contributed by atoms with Crippen molar-refractivity contribution >= 4 is 16.7 Å². The van der Waals surface area contributed by atoms with Gasteiger partial charge in [-0.1, -0.05) is 19.1 Å². The van der Waals surface area contributed by atoms with Crippen LogP contribution in [0.25, 0.3) is 10.9 Å². The van der Waals surface area contributed by atoms with E-state index in [0.29, 0.717) is 6.42 Å². The molecule has 0 spiro atoms. The molecule has 1 N–H and O–H groups in total. The summed E-state index contributed by atoms with van der Waals surface area (Å²) >= 11 is 0. The third-order valence-corrected chi connectivity index (χ3v) is 2.35. The molecule has 2 aromatic rings. The van der Waals surface area contributed by atoms with Gasteiger partial charge < -0.3 is 4.98 Å². The molecule has 1 heterocycles. The van der Waals surface area contributed by atoms with E-state index in [4.69, 9.17) is 0 Å². The first-order chi connectivity index (χ1) is 6.81. The Morgan fingerprint density at radius 1 is 1.36 bits per heavy atom. The van der Waals surface area contributed by atoms with Crippen molar-refractivity contribution in [3.8, 4) is 0 Å². The number of ketones is 1. The maximum atomic E-state index is 11.6. The van der Waals surface area contributed by atoms with E-state index in [9.17, 15) is 4.79 Å². The van der Waals surface area contributed by atoms with Gasteiger partial charge in [0.05, 0.1) is 0 Å². The summed E-state index contributed by atoms with van der Waals surface area (Å²) in [5, 5.41) is 1.15. The Balaban J connectivity index is 2.38. The van der Waals surface area contributed by atoms with Crippen LogP contribution in [-0.2, 0) is 0 Å².